The molecule has 109 valence electrons. The van der Waals surface area contributed by atoms with Crippen LogP contribution in [0.3, 0.4) is 0 Å². The largest absolute Gasteiger partial charge is 0.306 e. The molecule has 1 aromatic rings. The standard InChI is InChI=1S/C18H29BP/c1-14(2)17-13-18(15(3)4)20(17,19)12-8-11-16-9-6-5-7-10-16/h5-7,9-10,14-15,17-18H,8,11-13H2,1-4H3/t17-,18-/m0/s1. The normalized spacial score (nSPS) is 24.9. The minimum atomic E-state index is -1.21. The summed E-state index contributed by atoms with van der Waals surface area (Å²) in [5.41, 5.74) is 3.11. The first-order chi connectivity index (χ1) is 9.45. The molecule has 1 aromatic carbocycles. The smallest absolute Gasteiger partial charge is 0.0284 e. The molecule has 1 saturated heterocycles. The van der Waals surface area contributed by atoms with E-state index in [9.17, 15) is 0 Å². The Morgan fingerprint density at radius 3 is 2.10 bits per heavy atom. The van der Waals surface area contributed by atoms with Crippen LogP contribution in [0, 0.1) is 11.8 Å². The lowest BCUT2D eigenvalue weighted by Gasteiger charge is -2.62. The molecule has 0 aromatic heterocycles. The molecule has 3 radical (unpaired) electrons. The highest BCUT2D eigenvalue weighted by Gasteiger charge is 2.50. The zero-order valence-electron chi connectivity index (χ0n) is 13.5. The Kier molecular flexibility index (Phi) is 5.35. The lowest BCUT2D eigenvalue weighted by atomic mass is 9.98. The fourth-order valence-electron chi connectivity index (χ4n) is 3.94. The Labute approximate surface area is 127 Å². The topological polar surface area (TPSA) is 0 Å². The van der Waals surface area contributed by atoms with E-state index in [-0.39, 0.29) is 0 Å². The van der Waals surface area contributed by atoms with Crippen molar-refractivity contribution < 1.29 is 0 Å². The Morgan fingerprint density at radius 1 is 1.05 bits per heavy atom. The molecule has 1 aliphatic rings. The molecule has 2 heteroatoms. The van der Waals surface area contributed by atoms with Crippen molar-refractivity contribution in [2.75, 3.05) is 6.16 Å². The highest BCUT2D eigenvalue weighted by molar-refractivity contribution is 7.99. The average Bonchev–Trinajstić information content (AvgIpc) is 2.37. The van der Waals surface area contributed by atoms with Crippen LogP contribution in [0.2, 0.25) is 0 Å². The fourth-order valence-corrected chi connectivity index (χ4v) is 8.86. The van der Waals surface area contributed by atoms with Gasteiger partial charge in [0.15, 0.2) is 0 Å². The Bertz CT molecular complexity index is 399. The number of hydrogen-bond acceptors (Lipinski definition) is 0. The van der Waals surface area contributed by atoms with Gasteiger partial charge in [-0.15, -0.1) is 0 Å². The summed E-state index contributed by atoms with van der Waals surface area (Å²) in [4.78, 5) is 0. The maximum atomic E-state index is 6.97. The highest BCUT2D eigenvalue weighted by atomic mass is 31.2. The van der Waals surface area contributed by atoms with Crippen molar-refractivity contribution >= 4 is 14.7 Å². The van der Waals surface area contributed by atoms with Crippen molar-refractivity contribution in [2.24, 2.45) is 11.8 Å². The molecule has 2 atom stereocenters. The summed E-state index contributed by atoms with van der Waals surface area (Å²) in [6, 6.07) is 10.8. The molecule has 0 nitrogen and oxygen atoms in total. The summed E-state index contributed by atoms with van der Waals surface area (Å²) in [7, 11) is 5.76. The van der Waals surface area contributed by atoms with E-state index in [0.717, 1.165) is 23.2 Å². The van der Waals surface area contributed by atoms with E-state index in [1.807, 2.05) is 0 Å². The molecule has 20 heavy (non-hydrogen) atoms. The zero-order chi connectivity index (χ0) is 14.8. The second-order valence-corrected chi connectivity index (χ2v) is 10.9. The van der Waals surface area contributed by atoms with Crippen LogP contribution >= 0.6 is 7.14 Å². The van der Waals surface area contributed by atoms with Crippen molar-refractivity contribution in [1.29, 1.82) is 0 Å². The molecular formula is C18H29BP. The van der Waals surface area contributed by atoms with Gasteiger partial charge in [-0.05, 0) is 30.2 Å². The van der Waals surface area contributed by atoms with Gasteiger partial charge in [0.1, 0.15) is 0 Å². The number of aryl methyl sites for hydroxylation is 1. The molecule has 0 bridgehead atoms. The van der Waals surface area contributed by atoms with Crippen LogP contribution in [0.15, 0.2) is 30.3 Å². The summed E-state index contributed by atoms with van der Waals surface area (Å²) >= 11 is 0. The quantitative estimate of drug-likeness (QED) is 0.500. The minimum absolute atomic E-state index is 0.764. The highest BCUT2D eigenvalue weighted by Crippen LogP contribution is 2.76. The van der Waals surface area contributed by atoms with E-state index in [1.54, 1.807) is 0 Å². The third-order valence-corrected chi connectivity index (χ3v) is 10.3. The van der Waals surface area contributed by atoms with E-state index < -0.39 is 7.14 Å². The summed E-state index contributed by atoms with van der Waals surface area (Å²) in [5.74, 6) is 1.53. The second-order valence-electron chi connectivity index (χ2n) is 7.17. The third kappa shape index (κ3) is 3.30. The first-order valence-corrected chi connectivity index (χ1v) is 10.3. The van der Waals surface area contributed by atoms with Gasteiger partial charge in [0.2, 0.25) is 0 Å². The van der Waals surface area contributed by atoms with Crippen molar-refractivity contribution in [1.82, 2.24) is 0 Å². The number of rotatable bonds is 6. The van der Waals surface area contributed by atoms with Gasteiger partial charge in [-0.1, -0.05) is 58.0 Å². The van der Waals surface area contributed by atoms with Crippen LogP contribution in [0.1, 0.15) is 46.1 Å². The molecule has 2 rings (SSSR count). The SMILES string of the molecule is [B-][P+]1(CCCc2ccccc2)[C@H](C(C)C)C[C@H]1C(C)C. The maximum Gasteiger partial charge on any atom is 0.0284 e. The average molecular weight is 287 g/mol. The molecule has 0 N–H and O–H groups in total. The van der Waals surface area contributed by atoms with Gasteiger partial charge < -0.3 is 7.57 Å². The van der Waals surface area contributed by atoms with Gasteiger partial charge in [0, 0.05) is 23.9 Å². The van der Waals surface area contributed by atoms with Crippen molar-refractivity contribution in [3.63, 3.8) is 0 Å². The van der Waals surface area contributed by atoms with Crippen molar-refractivity contribution in [3.8, 4) is 0 Å². The summed E-state index contributed by atoms with van der Waals surface area (Å²) < 4.78 is 0. The van der Waals surface area contributed by atoms with Gasteiger partial charge in [-0.2, -0.15) is 0 Å². The first-order valence-electron chi connectivity index (χ1n) is 8.15. The molecule has 1 heterocycles. The fraction of sp³-hybridized carbons (Fsp3) is 0.667. The van der Waals surface area contributed by atoms with Crippen molar-refractivity contribution in [3.05, 3.63) is 35.9 Å². The van der Waals surface area contributed by atoms with Crippen LogP contribution in [-0.2, 0) is 6.42 Å². The third-order valence-electron chi connectivity index (χ3n) is 5.11. The molecule has 0 unspecified atom stereocenters. The monoisotopic (exact) mass is 287 g/mol. The predicted molar refractivity (Wildman–Crippen MR) is 94.2 cm³/mol. The Morgan fingerprint density at radius 2 is 1.60 bits per heavy atom. The van der Waals surface area contributed by atoms with Gasteiger partial charge in [0.25, 0.3) is 0 Å². The maximum absolute atomic E-state index is 6.97. The zero-order valence-corrected chi connectivity index (χ0v) is 14.4. The molecule has 0 amide bonds. The molecular weight excluding hydrogens is 258 g/mol. The van der Waals surface area contributed by atoms with Crippen LogP contribution < -0.4 is 0 Å². The van der Waals surface area contributed by atoms with E-state index in [4.69, 9.17) is 7.57 Å². The van der Waals surface area contributed by atoms with Crippen LogP contribution in [0.5, 0.6) is 0 Å². The van der Waals surface area contributed by atoms with E-state index in [2.05, 4.69) is 58.0 Å². The van der Waals surface area contributed by atoms with Gasteiger partial charge in [-0.25, -0.2) is 7.14 Å². The number of hydrogen-bond donors (Lipinski definition) is 0. The van der Waals surface area contributed by atoms with E-state index >= 15 is 0 Å². The first kappa shape index (κ1) is 16.1. The van der Waals surface area contributed by atoms with Crippen molar-refractivity contribution in [2.45, 2.75) is 58.3 Å². The summed E-state index contributed by atoms with van der Waals surface area (Å²) in [6.07, 6.45) is 5.12. The van der Waals surface area contributed by atoms with E-state index in [1.165, 1.54) is 31.0 Å². The lowest BCUT2D eigenvalue weighted by Crippen LogP contribution is -2.45. The van der Waals surface area contributed by atoms with Crippen LogP contribution in [-0.4, -0.2) is 25.0 Å². The Hall–Kier alpha value is -0.285. The molecule has 1 aliphatic heterocycles. The molecule has 0 aliphatic carbocycles. The second kappa shape index (κ2) is 6.65. The molecule has 0 saturated carbocycles. The van der Waals surface area contributed by atoms with Gasteiger partial charge in [0.05, 0.1) is 0 Å². The lowest BCUT2D eigenvalue weighted by molar-refractivity contribution is 0.439. The van der Waals surface area contributed by atoms with Crippen LogP contribution in [0.4, 0.5) is 0 Å². The Balaban J connectivity index is 1.93. The minimum Gasteiger partial charge on any atom is -0.306 e. The van der Waals surface area contributed by atoms with Gasteiger partial charge in [-0.3, -0.25) is 0 Å². The number of benzene rings is 1. The molecule has 1 fully saturated rings. The summed E-state index contributed by atoms with van der Waals surface area (Å²) in [6.45, 7) is 9.44. The molecule has 0 spiro atoms. The predicted octanol–water partition coefficient (Wildman–Crippen LogP) is 5.17. The van der Waals surface area contributed by atoms with Gasteiger partial charge >= 0.3 is 0 Å². The van der Waals surface area contributed by atoms with E-state index in [0.29, 0.717) is 0 Å². The van der Waals surface area contributed by atoms with Crippen LogP contribution in [0.25, 0.3) is 0 Å². The summed E-state index contributed by atoms with van der Waals surface area (Å²) in [5, 5.41) is 0.